The summed E-state index contributed by atoms with van der Waals surface area (Å²) in [4.78, 5) is 5.10. The van der Waals surface area contributed by atoms with Crippen LogP contribution in [0.1, 0.15) is 16.1 Å². The second-order valence-corrected chi connectivity index (χ2v) is 7.41. The van der Waals surface area contributed by atoms with Gasteiger partial charge in [-0.1, -0.05) is 11.6 Å². The van der Waals surface area contributed by atoms with Gasteiger partial charge in [0.05, 0.1) is 26.8 Å². The fourth-order valence-corrected chi connectivity index (χ4v) is 3.97. The van der Waals surface area contributed by atoms with E-state index >= 15 is 0 Å². The first-order chi connectivity index (χ1) is 9.31. The number of aromatic nitrogens is 1. The number of hydrogen-bond donors (Lipinski definition) is 2. The summed E-state index contributed by atoms with van der Waals surface area (Å²) in [6, 6.07) is 2.92. The van der Waals surface area contributed by atoms with Crippen LogP contribution in [-0.2, 0) is 16.6 Å². The maximum absolute atomic E-state index is 12.3. The van der Waals surface area contributed by atoms with E-state index in [-0.39, 0.29) is 17.1 Å². The summed E-state index contributed by atoms with van der Waals surface area (Å²) in [5, 5.41) is 0.347. The smallest absolute Gasteiger partial charge is 0.241 e. The van der Waals surface area contributed by atoms with Gasteiger partial charge >= 0.3 is 0 Å². The van der Waals surface area contributed by atoms with Crippen LogP contribution >= 0.6 is 22.9 Å². The van der Waals surface area contributed by atoms with Crippen molar-refractivity contribution in [1.29, 1.82) is 0 Å². The summed E-state index contributed by atoms with van der Waals surface area (Å²) in [6.07, 6.45) is 0. The Labute approximate surface area is 126 Å². The molecule has 0 aliphatic rings. The van der Waals surface area contributed by atoms with Crippen LogP contribution in [0.2, 0.25) is 5.02 Å². The van der Waals surface area contributed by atoms with E-state index in [1.165, 1.54) is 17.4 Å². The number of sulfonamides is 1. The molecule has 1 heterocycles. The molecule has 0 saturated heterocycles. The highest BCUT2D eigenvalue weighted by atomic mass is 35.5. The minimum absolute atomic E-state index is 0.140. The molecule has 0 atom stereocenters. The molecule has 0 fully saturated rings. The number of anilines is 1. The van der Waals surface area contributed by atoms with E-state index in [2.05, 4.69) is 9.71 Å². The number of aryl methyl sites for hydroxylation is 2. The molecule has 0 spiro atoms. The predicted molar refractivity (Wildman–Crippen MR) is 81.5 cm³/mol. The van der Waals surface area contributed by atoms with Gasteiger partial charge in [0.1, 0.15) is 0 Å². The molecule has 0 amide bonds. The SMILES string of the molecule is Cc1cc(Cl)c(N)cc1S(=O)(=O)NCc1scnc1C. The Hall–Kier alpha value is -1.15. The lowest BCUT2D eigenvalue weighted by atomic mass is 10.2. The molecule has 5 nitrogen and oxygen atoms in total. The summed E-state index contributed by atoms with van der Waals surface area (Å²) < 4.78 is 27.1. The Morgan fingerprint density at radius 3 is 2.70 bits per heavy atom. The van der Waals surface area contributed by atoms with Crippen molar-refractivity contribution in [3.8, 4) is 0 Å². The number of nitrogens with one attached hydrogen (secondary N) is 1. The van der Waals surface area contributed by atoms with E-state index in [0.29, 0.717) is 10.6 Å². The monoisotopic (exact) mass is 331 g/mol. The van der Waals surface area contributed by atoms with E-state index in [1.54, 1.807) is 18.5 Å². The Bertz CT molecular complexity index is 741. The molecular formula is C12H14ClN3O2S2. The maximum atomic E-state index is 12.3. The highest BCUT2D eigenvalue weighted by Gasteiger charge is 2.19. The third-order valence-electron chi connectivity index (χ3n) is 2.85. The molecule has 2 aromatic rings. The van der Waals surface area contributed by atoms with E-state index in [9.17, 15) is 8.42 Å². The van der Waals surface area contributed by atoms with Gasteiger partial charge in [-0.3, -0.25) is 0 Å². The number of thiazole rings is 1. The fourth-order valence-electron chi connectivity index (χ4n) is 1.69. The zero-order valence-electron chi connectivity index (χ0n) is 11.0. The molecule has 0 bridgehead atoms. The van der Waals surface area contributed by atoms with Gasteiger partial charge in [-0.2, -0.15) is 0 Å². The third-order valence-corrected chi connectivity index (χ3v) is 5.66. The van der Waals surface area contributed by atoms with Crippen LogP contribution in [0.3, 0.4) is 0 Å². The van der Waals surface area contributed by atoms with Crippen LogP contribution in [0.15, 0.2) is 22.5 Å². The van der Waals surface area contributed by atoms with Crippen molar-refractivity contribution in [3.05, 3.63) is 38.8 Å². The molecular weight excluding hydrogens is 318 g/mol. The van der Waals surface area contributed by atoms with Gasteiger partial charge in [0.2, 0.25) is 10.0 Å². The number of benzene rings is 1. The van der Waals surface area contributed by atoms with Crippen molar-refractivity contribution in [1.82, 2.24) is 9.71 Å². The Balaban J connectivity index is 2.27. The summed E-state index contributed by atoms with van der Waals surface area (Å²) in [7, 11) is -3.63. The summed E-state index contributed by atoms with van der Waals surface area (Å²) in [5.74, 6) is 0. The first-order valence-electron chi connectivity index (χ1n) is 5.75. The summed E-state index contributed by atoms with van der Waals surface area (Å²) in [6.45, 7) is 3.73. The van der Waals surface area contributed by atoms with Gasteiger partial charge in [-0.15, -0.1) is 11.3 Å². The molecule has 0 radical (unpaired) electrons. The summed E-state index contributed by atoms with van der Waals surface area (Å²) >= 11 is 7.28. The Morgan fingerprint density at radius 2 is 2.10 bits per heavy atom. The first kappa shape index (κ1) is 15.2. The van der Waals surface area contributed by atoms with E-state index < -0.39 is 10.0 Å². The van der Waals surface area contributed by atoms with Crippen molar-refractivity contribution < 1.29 is 8.42 Å². The molecule has 3 N–H and O–H groups in total. The van der Waals surface area contributed by atoms with Crippen LogP contribution in [0, 0.1) is 13.8 Å². The third kappa shape index (κ3) is 3.12. The molecule has 0 aliphatic carbocycles. The van der Waals surface area contributed by atoms with Crippen LogP contribution in [0.25, 0.3) is 0 Å². The topological polar surface area (TPSA) is 85.1 Å². The summed E-state index contributed by atoms with van der Waals surface area (Å²) in [5.41, 5.74) is 8.97. The molecule has 1 aromatic carbocycles. The second kappa shape index (κ2) is 5.69. The minimum Gasteiger partial charge on any atom is -0.397 e. The van der Waals surface area contributed by atoms with Crippen molar-refractivity contribution in [2.24, 2.45) is 0 Å². The maximum Gasteiger partial charge on any atom is 0.241 e. The number of nitrogens with zero attached hydrogens (tertiary/aromatic N) is 1. The van der Waals surface area contributed by atoms with E-state index in [0.717, 1.165) is 10.6 Å². The normalized spacial score (nSPS) is 11.8. The zero-order valence-corrected chi connectivity index (χ0v) is 13.4. The molecule has 20 heavy (non-hydrogen) atoms. The second-order valence-electron chi connectivity index (χ2n) is 4.32. The molecule has 0 saturated carbocycles. The lowest BCUT2D eigenvalue weighted by Crippen LogP contribution is -2.24. The fraction of sp³-hybridized carbons (Fsp3) is 0.250. The largest absolute Gasteiger partial charge is 0.397 e. The van der Waals surface area contributed by atoms with Crippen LogP contribution in [0.4, 0.5) is 5.69 Å². The predicted octanol–water partition coefficient (Wildman–Crippen LogP) is 2.47. The number of rotatable bonds is 4. The van der Waals surface area contributed by atoms with Gasteiger partial charge in [0, 0.05) is 11.4 Å². The molecule has 0 unspecified atom stereocenters. The lowest BCUT2D eigenvalue weighted by molar-refractivity contribution is 0.581. The zero-order chi connectivity index (χ0) is 14.9. The number of halogens is 1. The Kier molecular flexibility index (Phi) is 4.33. The van der Waals surface area contributed by atoms with Crippen molar-refractivity contribution >= 4 is 38.6 Å². The Morgan fingerprint density at radius 1 is 1.40 bits per heavy atom. The average molecular weight is 332 g/mol. The van der Waals surface area contributed by atoms with Gasteiger partial charge < -0.3 is 5.73 Å². The van der Waals surface area contributed by atoms with E-state index in [4.69, 9.17) is 17.3 Å². The molecule has 108 valence electrons. The quantitative estimate of drug-likeness (QED) is 0.843. The molecule has 8 heteroatoms. The van der Waals surface area contributed by atoms with Gasteiger partial charge in [-0.25, -0.2) is 18.1 Å². The average Bonchev–Trinajstić information content (AvgIpc) is 2.77. The number of hydrogen-bond acceptors (Lipinski definition) is 5. The highest BCUT2D eigenvalue weighted by Crippen LogP contribution is 2.26. The van der Waals surface area contributed by atoms with Crippen molar-refractivity contribution in [3.63, 3.8) is 0 Å². The number of nitrogens with two attached hydrogens (primary N) is 1. The van der Waals surface area contributed by atoms with Gasteiger partial charge in [-0.05, 0) is 31.5 Å². The minimum atomic E-state index is -3.63. The molecule has 2 rings (SSSR count). The number of nitrogen functional groups attached to an aromatic ring is 1. The molecule has 1 aromatic heterocycles. The van der Waals surface area contributed by atoms with Gasteiger partial charge in [0.25, 0.3) is 0 Å². The van der Waals surface area contributed by atoms with Crippen LogP contribution < -0.4 is 10.5 Å². The van der Waals surface area contributed by atoms with Gasteiger partial charge in [0.15, 0.2) is 0 Å². The van der Waals surface area contributed by atoms with Crippen molar-refractivity contribution in [2.45, 2.75) is 25.3 Å². The first-order valence-corrected chi connectivity index (χ1v) is 8.49. The molecule has 0 aliphatic heterocycles. The van der Waals surface area contributed by atoms with Crippen molar-refractivity contribution in [2.75, 3.05) is 5.73 Å². The highest BCUT2D eigenvalue weighted by molar-refractivity contribution is 7.89. The van der Waals surface area contributed by atoms with E-state index in [1.807, 2.05) is 6.92 Å². The standard InChI is InChI=1S/C12H14ClN3O2S2/c1-7-3-9(13)10(14)4-12(7)20(17,18)16-5-11-8(2)15-6-19-11/h3-4,6,16H,5,14H2,1-2H3. The lowest BCUT2D eigenvalue weighted by Gasteiger charge is -2.10. The van der Waals surface area contributed by atoms with Crippen LogP contribution in [0.5, 0.6) is 0 Å². The van der Waals surface area contributed by atoms with Crippen LogP contribution in [-0.4, -0.2) is 13.4 Å².